The van der Waals surface area contributed by atoms with Crippen molar-refractivity contribution in [3.8, 4) is 22.3 Å². The summed E-state index contributed by atoms with van der Waals surface area (Å²) < 4.78 is 31.6. The zero-order valence-corrected chi connectivity index (χ0v) is 21.3. The summed E-state index contributed by atoms with van der Waals surface area (Å²) in [6.45, 7) is 10.9. The van der Waals surface area contributed by atoms with Crippen molar-refractivity contribution in [2.75, 3.05) is 0 Å². The van der Waals surface area contributed by atoms with E-state index in [-0.39, 0.29) is 10.5 Å². The number of imidazole rings is 1. The third kappa shape index (κ3) is 6.18. The number of nitrogens with zero attached hydrogens (tertiary/aromatic N) is 4. The lowest BCUT2D eigenvalue weighted by Gasteiger charge is -2.20. The Kier molecular flexibility index (Phi) is 7.69. The molecule has 0 bridgehead atoms. The molecule has 3 aromatic rings. The summed E-state index contributed by atoms with van der Waals surface area (Å²) in [5, 5.41) is 10.1. The average molecular weight is 499 g/mol. The summed E-state index contributed by atoms with van der Waals surface area (Å²) in [5.41, 5.74) is 2.49. The van der Waals surface area contributed by atoms with Gasteiger partial charge >= 0.3 is 16.6 Å². The van der Waals surface area contributed by atoms with Crippen LogP contribution in [0, 0.1) is 17.2 Å². The molecule has 0 aliphatic heterocycles. The number of ether oxygens (including phenoxy) is 1. The zero-order chi connectivity index (χ0) is 25.0. The van der Waals surface area contributed by atoms with Gasteiger partial charge in [-0.25, -0.2) is 9.78 Å². The molecule has 0 saturated heterocycles. The number of thiophene rings is 1. The Morgan fingerprint density at radius 2 is 2.03 bits per heavy atom. The minimum atomic E-state index is -2.90. The summed E-state index contributed by atoms with van der Waals surface area (Å²) in [4.78, 5) is 17.3. The van der Waals surface area contributed by atoms with Gasteiger partial charge in [-0.15, -0.1) is 11.3 Å². The number of hydrogen-bond donors (Lipinski definition) is 0. The molecule has 0 fully saturated rings. The Balaban J connectivity index is 2.01. The lowest BCUT2D eigenvalue weighted by Crippen LogP contribution is -2.19. The normalized spacial score (nSPS) is 11.3. The predicted octanol–water partition coefficient (Wildman–Crippen LogP) is 5.59. The van der Waals surface area contributed by atoms with Crippen molar-refractivity contribution in [1.82, 2.24) is 9.55 Å². The monoisotopic (exact) mass is 498 g/mol. The van der Waals surface area contributed by atoms with Crippen LogP contribution in [-0.4, -0.2) is 24.1 Å². The number of amides is 1. The van der Waals surface area contributed by atoms with Gasteiger partial charge in [-0.2, -0.15) is 13.7 Å². The molecule has 0 unspecified atom stereocenters. The molecule has 2 heterocycles. The van der Waals surface area contributed by atoms with Crippen molar-refractivity contribution in [3.63, 3.8) is 0 Å². The highest BCUT2D eigenvalue weighted by Crippen LogP contribution is 2.40. The molecular weight excluding hydrogens is 472 g/mol. The molecule has 0 radical (unpaired) electrons. The fourth-order valence-electron chi connectivity index (χ4n) is 3.61. The van der Waals surface area contributed by atoms with E-state index < -0.39 is 16.6 Å². The zero-order valence-electron chi connectivity index (χ0n) is 19.7. The van der Waals surface area contributed by atoms with Gasteiger partial charge in [0.2, 0.25) is 0 Å². The van der Waals surface area contributed by atoms with Gasteiger partial charge in [0.05, 0.1) is 18.2 Å². The van der Waals surface area contributed by atoms with Crippen LogP contribution in [0.5, 0.6) is 5.06 Å². The van der Waals surface area contributed by atoms with Crippen molar-refractivity contribution in [3.05, 3.63) is 58.5 Å². The number of carbonyl (C=O) groups is 1. The van der Waals surface area contributed by atoms with Crippen LogP contribution in [0.3, 0.4) is 0 Å². The molecule has 2 aromatic heterocycles. The average Bonchev–Trinajstić information content (AvgIpc) is 3.34. The number of nitriles is 1. The number of benzene rings is 1. The molecule has 0 aliphatic carbocycles. The summed E-state index contributed by atoms with van der Waals surface area (Å²) >= 11 is 1.26. The van der Waals surface area contributed by atoms with Gasteiger partial charge in [0, 0.05) is 28.2 Å². The van der Waals surface area contributed by atoms with E-state index in [2.05, 4.69) is 50.0 Å². The predicted molar refractivity (Wildman–Crippen MR) is 130 cm³/mol. The molecule has 0 N–H and O–H groups in total. The van der Waals surface area contributed by atoms with E-state index in [1.807, 2.05) is 29.0 Å². The van der Waals surface area contributed by atoms with Gasteiger partial charge in [0.1, 0.15) is 5.82 Å². The highest BCUT2D eigenvalue weighted by Gasteiger charge is 2.21. The number of carbonyl (C=O) groups excluding carboxylic acids is 1. The highest BCUT2D eigenvalue weighted by atomic mass is 32.2. The lowest BCUT2D eigenvalue weighted by molar-refractivity contribution is 0.213. The molecule has 0 saturated carbocycles. The first-order valence-corrected chi connectivity index (χ1v) is 12.5. The van der Waals surface area contributed by atoms with Gasteiger partial charge in [-0.1, -0.05) is 51.1 Å². The Hall–Kier alpha value is -3.29. The Morgan fingerprint density at radius 1 is 1.29 bits per heavy atom. The topological polar surface area (TPSA) is 114 Å². The summed E-state index contributed by atoms with van der Waals surface area (Å²) in [7, 11) is -2.90. The van der Waals surface area contributed by atoms with Crippen molar-refractivity contribution < 1.29 is 17.9 Å². The number of hydrogen-bond acceptors (Lipinski definition) is 7. The molecule has 0 aliphatic rings. The third-order valence-electron chi connectivity index (χ3n) is 4.96. The largest absolute Gasteiger partial charge is 0.455 e. The van der Waals surface area contributed by atoms with Crippen LogP contribution in [0.1, 0.15) is 56.4 Å². The van der Waals surface area contributed by atoms with Crippen LogP contribution in [0.25, 0.3) is 11.1 Å². The van der Waals surface area contributed by atoms with Crippen LogP contribution in [0.2, 0.25) is 0 Å². The van der Waals surface area contributed by atoms with E-state index in [9.17, 15) is 18.5 Å². The molecule has 34 heavy (non-hydrogen) atoms. The summed E-state index contributed by atoms with van der Waals surface area (Å²) in [5.74, 6) is 1.29. The highest BCUT2D eigenvalue weighted by molar-refractivity contribution is 7.62. The lowest BCUT2D eigenvalue weighted by atomic mass is 9.95. The van der Waals surface area contributed by atoms with Crippen molar-refractivity contribution >= 4 is 27.9 Å². The quantitative estimate of drug-likeness (QED) is 0.438. The molecule has 1 aromatic carbocycles. The van der Waals surface area contributed by atoms with E-state index in [0.717, 1.165) is 22.7 Å². The second kappa shape index (κ2) is 10.3. The van der Waals surface area contributed by atoms with E-state index >= 15 is 0 Å². The number of rotatable bonds is 6. The van der Waals surface area contributed by atoms with Crippen LogP contribution in [-0.2, 0) is 28.9 Å². The minimum absolute atomic E-state index is 0.142. The number of aromatic nitrogens is 2. The SMILES string of the molecule is CC(C)Cc1cc(-c2ccc(Cn3ccnc3C(C)(C)C)c(C#N)c2)c(OC(=O)N=S(=O)=O)s1. The summed E-state index contributed by atoms with van der Waals surface area (Å²) in [6, 6.07) is 9.67. The maximum absolute atomic E-state index is 11.9. The fraction of sp³-hybridized carbons (Fsp3) is 0.375. The summed E-state index contributed by atoms with van der Waals surface area (Å²) in [6.07, 6.45) is 3.20. The molecule has 1 amide bonds. The van der Waals surface area contributed by atoms with Gasteiger partial charge in [0.15, 0.2) is 5.06 Å². The molecule has 10 heteroatoms. The second-order valence-corrected chi connectivity index (χ2v) is 11.0. The molecule has 0 spiro atoms. The molecular formula is C24H26N4O4S2. The van der Waals surface area contributed by atoms with Gasteiger partial charge in [0.25, 0.3) is 0 Å². The van der Waals surface area contributed by atoms with E-state index in [4.69, 9.17) is 4.74 Å². The Labute approximate surface area is 204 Å². The van der Waals surface area contributed by atoms with Gasteiger partial charge in [-0.05, 0) is 35.6 Å². The molecule has 8 nitrogen and oxygen atoms in total. The second-order valence-electron chi connectivity index (χ2n) is 9.30. The van der Waals surface area contributed by atoms with E-state index in [1.54, 1.807) is 12.3 Å². The van der Waals surface area contributed by atoms with Crippen LogP contribution >= 0.6 is 11.3 Å². The van der Waals surface area contributed by atoms with Gasteiger partial charge in [-0.3, -0.25) is 0 Å². The van der Waals surface area contributed by atoms with Crippen LogP contribution in [0.15, 0.2) is 41.0 Å². The first-order valence-electron chi connectivity index (χ1n) is 10.7. The van der Waals surface area contributed by atoms with Crippen molar-refractivity contribution in [2.24, 2.45) is 10.3 Å². The van der Waals surface area contributed by atoms with E-state index in [1.165, 1.54) is 11.3 Å². The standard InChI is InChI=1S/C24H26N4O4S2/c1-15(2)10-19-12-20(21(33-19)32-23(29)27-34(30)31)16-6-7-17(18(11-16)13-25)14-28-9-8-26-22(28)24(3,4)5/h6-9,11-12,15H,10,14H2,1-5H3. The Morgan fingerprint density at radius 3 is 2.65 bits per heavy atom. The van der Waals surface area contributed by atoms with Crippen molar-refractivity contribution in [2.45, 2.75) is 53.0 Å². The van der Waals surface area contributed by atoms with Crippen LogP contribution < -0.4 is 4.74 Å². The molecule has 0 atom stereocenters. The maximum atomic E-state index is 11.9. The maximum Gasteiger partial charge on any atom is 0.455 e. The van der Waals surface area contributed by atoms with Crippen molar-refractivity contribution in [1.29, 1.82) is 5.26 Å². The fourth-order valence-corrected chi connectivity index (χ4v) is 5.00. The van der Waals surface area contributed by atoms with Crippen LogP contribution in [0.4, 0.5) is 4.79 Å². The molecule has 3 rings (SSSR count). The third-order valence-corrected chi connectivity index (χ3v) is 6.29. The first kappa shape index (κ1) is 25.3. The first-order chi connectivity index (χ1) is 16.0. The van der Waals surface area contributed by atoms with E-state index in [0.29, 0.717) is 29.2 Å². The van der Waals surface area contributed by atoms with Gasteiger partial charge < -0.3 is 9.30 Å². The minimum Gasteiger partial charge on any atom is -0.396 e. The molecule has 178 valence electrons. The Bertz CT molecular complexity index is 1380. The smallest absolute Gasteiger partial charge is 0.396 e.